The third kappa shape index (κ3) is 3.67. The van der Waals surface area contributed by atoms with Crippen molar-refractivity contribution in [2.24, 2.45) is 0 Å². The van der Waals surface area contributed by atoms with Gasteiger partial charge in [0.2, 0.25) is 0 Å². The lowest BCUT2D eigenvalue weighted by atomic mass is 10.00. The molecular formula is C23H15ClIN. The van der Waals surface area contributed by atoms with Crippen LogP contribution in [0.5, 0.6) is 0 Å². The predicted molar refractivity (Wildman–Crippen MR) is 118 cm³/mol. The first kappa shape index (κ1) is 17.3. The molecule has 3 aromatic carbocycles. The van der Waals surface area contributed by atoms with E-state index in [4.69, 9.17) is 16.6 Å². The molecule has 4 rings (SSSR count). The smallest absolute Gasteiger partial charge is 0.0730 e. The van der Waals surface area contributed by atoms with Crippen LogP contribution in [-0.2, 0) is 0 Å². The minimum absolute atomic E-state index is 0.707. The summed E-state index contributed by atoms with van der Waals surface area (Å²) in [7, 11) is 0. The van der Waals surface area contributed by atoms with Crippen molar-refractivity contribution >= 4 is 34.2 Å². The average molecular weight is 468 g/mol. The third-order valence-corrected chi connectivity index (χ3v) is 5.20. The van der Waals surface area contributed by atoms with Crippen LogP contribution in [0.3, 0.4) is 0 Å². The lowest BCUT2D eigenvalue weighted by Gasteiger charge is -2.11. The summed E-state index contributed by atoms with van der Waals surface area (Å²) in [5.41, 5.74) is 6.16. The van der Waals surface area contributed by atoms with Crippen molar-refractivity contribution in [2.75, 3.05) is 0 Å². The molecule has 1 aromatic heterocycles. The van der Waals surface area contributed by atoms with Gasteiger partial charge < -0.3 is 0 Å². The van der Waals surface area contributed by atoms with Gasteiger partial charge in [-0.1, -0.05) is 72.3 Å². The van der Waals surface area contributed by atoms with E-state index >= 15 is 0 Å². The summed E-state index contributed by atoms with van der Waals surface area (Å²) in [4.78, 5) is 4.90. The van der Waals surface area contributed by atoms with Gasteiger partial charge in [-0.2, -0.15) is 0 Å². The van der Waals surface area contributed by atoms with Crippen molar-refractivity contribution in [1.82, 2.24) is 4.98 Å². The SMILES string of the molecule is Clc1ccccc1-c1cc(-c2cccc(I)c2)cc(-c2ccccc2)n1. The number of hydrogen-bond acceptors (Lipinski definition) is 1. The fourth-order valence-electron chi connectivity index (χ4n) is 2.93. The number of rotatable bonds is 3. The number of pyridine rings is 1. The van der Waals surface area contributed by atoms with E-state index < -0.39 is 0 Å². The van der Waals surface area contributed by atoms with Gasteiger partial charge in [0.15, 0.2) is 0 Å². The standard InChI is InChI=1S/C23H15ClIN/c24-21-12-5-4-11-20(21)23-15-18(17-9-6-10-19(25)13-17)14-22(26-23)16-7-2-1-3-8-16/h1-15H. The molecular weight excluding hydrogens is 453 g/mol. The molecule has 0 aliphatic rings. The van der Waals surface area contributed by atoms with E-state index in [0.29, 0.717) is 5.02 Å². The van der Waals surface area contributed by atoms with Crippen molar-refractivity contribution in [3.63, 3.8) is 0 Å². The van der Waals surface area contributed by atoms with Gasteiger partial charge in [0.1, 0.15) is 0 Å². The van der Waals surface area contributed by atoms with Crippen LogP contribution in [0.25, 0.3) is 33.6 Å². The fourth-order valence-corrected chi connectivity index (χ4v) is 3.70. The van der Waals surface area contributed by atoms with Gasteiger partial charge in [0.25, 0.3) is 0 Å². The topological polar surface area (TPSA) is 12.9 Å². The Bertz CT molecular complexity index is 1060. The molecule has 0 atom stereocenters. The van der Waals surface area contributed by atoms with Crippen LogP contribution in [0, 0.1) is 3.57 Å². The molecule has 0 saturated heterocycles. The zero-order chi connectivity index (χ0) is 17.9. The lowest BCUT2D eigenvalue weighted by molar-refractivity contribution is 1.32. The Morgan fingerprint density at radius 1 is 0.615 bits per heavy atom. The van der Waals surface area contributed by atoms with Crippen LogP contribution in [-0.4, -0.2) is 4.98 Å². The number of halogens is 2. The highest BCUT2D eigenvalue weighted by Crippen LogP contribution is 2.33. The zero-order valence-electron chi connectivity index (χ0n) is 13.9. The maximum Gasteiger partial charge on any atom is 0.0730 e. The highest BCUT2D eigenvalue weighted by Gasteiger charge is 2.11. The van der Waals surface area contributed by atoms with Crippen molar-refractivity contribution in [3.05, 3.63) is 99.6 Å². The summed E-state index contributed by atoms with van der Waals surface area (Å²) >= 11 is 8.78. The molecule has 0 spiro atoms. The second-order valence-corrected chi connectivity index (χ2v) is 7.64. The maximum atomic E-state index is 6.44. The van der Waals surface area contributed by atoms with E-state index in [2.05, 4.69) is 71.1 Å². The van der Waals surface area contributed by atoms with E-state index in [-0.39, 0.29) is 0 Å². The normalized spacial score (nSPS) is 10.7. The zero-order valence-corrected chi connectivity index (χ0v) is 16.8. The molecule has 0 fully saturated rings. The summed E-state index contributed by atoms with van der Waals surface area (Å²) in [5, 5.41) is 0.707. The van der Waals surface area contributed by atoms with Crippen molar-refractivity contribution in [1.29, 1.82) is 0 Å². The van der Waals surface area contributed by atoms with Gasteiger partial charge in [-0.15, -0.1) is 0 Å². The summed E-state index contributed by atoms with van der Waals surface area (Å²) in [5.74, 6) is 0. The minimum atomic E-state index is 0.707. The predicted octanol–water partition coefficient (Wildman–Crippen LogP) is 7.34. The highest BCUT2D eigenvalue weighted by atomic mass is 127. The van der Waals surface area contributed by atoms with Crippen LogP contribution in [0.4, 0.5) is 0 Å². The van der Waals surface area contributed by atoms with Gasteiger partial charge in [-0.3, -0.25) is 0 Å². The minimum Gasteiger partial charge on any atom is -0.248 e. The molecule has 126 valence electrons. The Hall–Kier alpha value is -2.17. The number of nitrogens with zero attached hydrogens (tertiary/aromatic N) is 1. The quantitative estimate of drug-likeness (QED) is 0.287. The molecule has 0 saturated carbocycles. The molecule has 0 radical (unpaired) electrons. The van der Waals surface area contributed by atoms with Crippen LogP contribution >= 0.6 is 34.2 Å². The highest BCUT2D eigenvalue weighted by molar-refractivity contribution is 14.1. The maximum absolute atomic E-state index is 6.44. The Morgan fingerprint density at radius 2 is 1.31 bits per heavy atom. The molecule has 0 bridgehead atoms. The van der Waals surface area contributed by atoms with E-state index in [1.54, 1.807) is 0 Å². The average Bonchev–Trinajstić information content (AvgIpc) is 2.69. The van der Waals surface area contributed by atoms with Crippen molar-refractivity contribution < 1.29 is 0 Å². The molecule has 0 amide bonds. The van der Waals surface area contributed by atoms with Gasteiger partial charge in [0, 0.05) is 19.7 Å². The monoisotopic (exact) mass is 467 g/mol. The molecule has 1 heterocycles. The molecule has 4 aromatic rings. The molecule has 3 heteroatoms. The van der Waals surface area contributed by atoms with E-state index in [1.807, 2.05) is 42.5 Å². The summed E-state index contributed by atoms with van der Waals surface area (Å²) in [6.45, 7) is 0. The summed E-state index contributed by atoms with van der Waals surface area (Å²) in [6.07, 6.45) is 0. The Balaban J connectivity index is 1.95. The fraction of sp³-hybridized carbons (Fsp3) is 0. The molecule has 0 aliphatic heterocycles. The van der Waals surface area contributed by atoms with Gasteiger partial charge in [-0.25, -0.2) is 4.98 Å². The van der Waals surface area contributed by atoms with Crippen LogP contribution in [0.15, 0.2) is 91.0 Å². The summed E-state index contributed by atoms with van der Waals surface area (Å²) in [6, 6.07) is 30.8. The summed E-state index contributed by atoms with van der Waals surface area (Å²) < 4.78 is 1.21. The van der Waals surface area contributed by atoms with Gasteiger partial charge >= 0.3 is 0 Å². The lowest BCUT2D eigenvalue weighted by Crippen LogP contribution is -1.92. The second kappa shape index (κ2) is 7.60. The molecule has 1 nitrogen and oxygen atoms in total. The van der Waals surface area contributed by atoms with E-state index in [9.17, 15) is 0 Å². The molecule has 0 N–H and O–H groups in total. The van der Waals surface area contributed by atoms with Gasteiger partial charge in [-0.05, 0) is 64.0 Å². The van der Waals surface area contributed by atoms with Crippen LogP contribution in [0.1, 0.15) is 0 Å². The third-order valence-electron chi connectivity index (χ3n) is 4.20. The van der Waals surface area contributed by atoms with E-state index in [0.717, 1.165) is 28.1 Å². The Kier molecular flexibility index (Phi) is 5.05. The number of hydrogen-bond donors (Lipinski definition) is 0. The first-order valence-electron chi connectivity index (χ1n) is 8.29. The molecule has 26 heavy (non-hydrogen) atoms. The second-order valence-electron chi connectivity index (χ2n) is 5.98. The largest absolute Gasteiger partial charge is 0.248 e. The molecule has 0 aliphatic carbocycles. The van der Waals surface area contributed by atoms with E-state index in [1.165, 1.54) is 9.13 Å². The Labute approximate surface area is 171 Å². The van der Waals surface area contributed by atoms with Crippen LogP contribution in [0.2, 0.25) is 5.02 Å². The first-order valence-corrected chi connectivity index (χ1v) is 9.75. The van der Waals surface area contributed by atoms with Crippen molar-refractivity contribution in [2.45, 2.75) is 0 Å². The Morgan fingerprint density at radius 3 is 2.08 bits per heavy atom. The number of benzene rings is 3. The first-order chi connectivity index (χ1) is 12.7. The number of aromatic nitrogens is 1. The van der Waals surface area contributed by atoms with Gasteiger partial charge in [0.05, 0.1) is 11.4 Å². The van der Waals surface area contributed by atoms with Crippen LogP contribution < -0.4 is 0 Å². The molecule has 0 unspecified atom stereocenters. The van der Waals surface area contributed by atoms with Crippen molar-refractivity contribution in [3.8, 4) is 33.6 Å².